The Kier molecular flexibility index (Phi) is 6.45. The first-order chi connectivity index (χ1) is 14.7. The molecule has 2 aliphatic rings. The molecule has 0 bridgehead atoms. The maximum Gasteiger partial charge on any atom is 0.254 e. The van der Waals surface area contributed by atoms with Crippen LogP contribution in [0.4, 0.5) is 5.82 Å². The number of hydrogen-bond donors (Lipinski definition) is 1. The highest BCUT2D eigenvalue weighted by atomic mass is 16.7. The van der Waals surface area contributed by atoms with Crippen molar-refractivity contribution >= 4 is 17.6 Å². The van der Waals surface area contributed by atoms with Crippen LogP contribution in [0.5, 0.6) is 11.5 Å². The molecule has 0 spiro atoms. The van der Waals surface area contributed by atoms with Crippen molar-refractivity contribution in [2.24, 2.45) is 0 Å². The summed E-state index contributed by atoms with van der Waals surface area (Å²) in [4.78, 5) is 29.4. The van der Waals surface area contributed by atoms with E-state index < -0.39 is 0 Å². The lowest BCUT2D eigenvalue weighted by atomic mass is 10.1. The molecule has 1 aromatic carbocycles. The molecule has 30 heavy (non-hydrogen) atoms. The number of amides is 2. The lowest BCUT2D eigenvalue weighted by Crippen LogP contribution is -2.41. The van der Waals surface area contributed by atoms with Gasteiger partial charge >= 0.3 is 0 Å². The van der Waals surface area contributed by atoms with Gasteiger partial charge in [0.05, 0.1) is 13.2 Å². The highest BCUT2D eigenvalue weighted by Gasteiger charge is 2.23. The Morgan fingerprint density at radius 3 is 2.77 bits per heavy atom. The second-order valence-electron chi connectivity index (χ2n) is 7.04. The summed E-state index contributed by atoms with van der Waals surface area (Å²) >= 11 is 0. The van der Waals surface area contributed by atoms with Crippen molar-refractivity contribution in [2.75, 3.05) is 58.0 Å². The van der Waals surface area contributed by atoms with E-state index in [4.69, 9.17) is 18.7 Å². The zero-order valence-corrected chi connectivity index (χ0v) is 16.5. The van der Waals surface area contributed by atoms with Gasteiger partial charge in [0.15, 0.2) is 17.3 Å². The van der Waals surface area contributed by atoms with Gasteiger partial charge in [0, 0.05) is 37.8 Å². The molecular weight excluding hydrogens is 392 g/mol. The number of anilines is 1. The van der Waals surface area contributed by atoms with E-state index in [1.54, 1.807) is 24.3 Å². The van der Waals surface area contributed by atoms with Crippen molar-refractivity contribution < 1.29 is 28.3 Å². The van der Waals surface area contributed by atoms with Crippen molar-refractivity contribution in [3.63, 3.8) is 0 Å². The highest BCUT2D eigenvalue weighted by molar-refractivity contribution is 5.99. The first-order valence-corrected chi connectivity index (χ1v) is 9.88. The zero-order valence-electron chi connectivity index (χ0n) is 16.5. The molecule has 160 valence electrons. The molecule has 1 fully saturated rings. The van der Waals surface area contributed by atoms with Gasteiger partial charge < -0.3 is 29.0 Å². The fourth-order valence-corrected chi connectivity index (χ4v) is 3.41. The van der Waals surface area contributed by atoms with Crippen LogP contribution in [0.1, 0.15) is 16.8 Å². The molecule has 2 aliphatic heterocycles. The third-order valence-electron chi connectivity index (χ3n) is 4.95. The van der Waals surface area contributed by atoms with Crippen LogP contribution in [0, 0.1) is 0 Å². The molecule has 1 saturated heterocycles. The Labute approximate surface area is 173 Å². The Morgan fingerprint density at radius 2 is 1.97 bits per heavy atom. The molecular formula is C20H24N4O6. The van der Waals surface area contributed by atoms with Gasteiger partial charge in [-0.05, 0) is 24.6 Å². The van der Waals surface area contributed by atoms with Crippen LogP contribution in [0.2, 0.25) is 0 Å². The van der Waals surface area contributed by atoms with Crippen LogP contribution in [0.15, 0.2) is 35.1 Å². The van der Waals surface area contributed by atoms with Crippen molar-refractivity contribution in [1.29, 1.82) is 0 Å². The number of morpholine rings is 1. The van der Waals surface area contributed by atoms with Crippen molar-refractivity contribution in [3.8, 4) is 11.5 Å². The van der Waals surface area contributed by atoms with Gasteiger partial charge in [0.2, 0.25) is 12.7 Å². The van der Waals surface area contributed by atoms with Gasteiger partial charge in [0.25, 0.3) is 5.91 Å². The molecule has 0 radical (unpaired) electrons. The van der Waals surface area contributed by atoms with Gasteiger partial charge in [-0.15, -0.1) is 0 Å². The van der Waals surface area contributed by atoms with E-state index in [0.29, 0.717) is 29.4 Å². The fourth-order valence-electron chi connectivity index (χ4n) is 3.41. The molecule has 3 heterocycles. The molecule has 0 atom stereocenters. The van der Waals surface area contributed by atoms with E-state index in [-0.39, 0.29) is 25.2 Å². The van der Waals surface area contributed by atoms with E-state index in [1.807, 2.05) is 0 Å². The molecule has 1 aromatic heterocycles. The molecule has 10 nitrogen and oxygen atoms in total. The molecule has 0 saturated carbocycles. The van der Waals surface area contributed by atoms with Crippen molar-refractivity contribution in [1.82, 2.24) is 15.0 Å². The number of nitrogens with zero attached hydrogens (tertiary/aromatic N) is 3. The van der Waals surface area contributed by atoms with E-state index in [1.165, 1.54) is 11.2 Å². The van der Waals surface area contributed by atoms with Crippen LogP contribution >= 0.6 is 0 Å². The van der Waals surface area contributed by atoms with Crippen LogP contribution in [-0.4, -0.2) is 79.5 Å². The number of carbonyl (C=O) groups is 2. The number of fused-ring (bicyclic) bond motifs is 1. The Morgan fingerprint density at radius 1 is 1.13 bits per heavy atom. The largest absolute Gasteiger partial charge is 0.454 e. The molecule has 2 amide bonds. The lowest BCUT2D eigenvalue weighted by Gasteiger charge is -2.28. The van der Waals surface area contributed by atoms with Gasteiger partial charge in [-0.2, -0.15) is 0 Å². The summed E-state index contributed by atoms with van der Waals surface area (Å²) in [7, 11) is 0. The minimum Gasteiger partial charge on any atom is -0.454 e. The van der Waals surface area contributed by atoms with Crippen molar-refractivity contribution in [2.45, 2.75) is 6.42 Å². The summed E-state index contributed by atoms with van der Waals surface area (Å²) in [5.74, 6) is 0.856. The normalized spacial score (nSPS) is 15.7. The highest BCUT2D eigenvalue weighted by Crippen LogP contribution is 2.32. The Hall–Kier alpha value is -3.11. The summed E-state index contributed by atoms with van der Waals surface area (Å²) in [5.41, 5.74) is 0.444. The number of ether oxygens (including phenoxy) is 3. The standard InChI is InChI=1S/C20H24N4O6/c25-19(21-18-4-9-30-22-18)13-24(6-1-5-23-7-10-27-11-8-23)20(26)15-2-3-16-17(12-15)29-14-28-16/h2-4,9,12H,1,5-8,10-11,13-14H2,(H,21,22,25). The third-order valence-corrected chi connectivity index (χ3v) is 4.95. The number of aromatic nitrogens is 1. The molecule has 4 rings (SSSR count). The molecule has 0 aliphatic carbocycles. The summed E-state index contributed by atoms with van der Waals surface area (Å²) < 4.78 is 20.8. The van der Waals surface area contributed by atoms with Gasteiger partial charge in [-0.1, -0.05) is 5.16 Å². The Bertz CT molecular complexity index is 866. The molecule has 2 aromatic rings. The maximum absolute atomic E-state index is 13.1. The Balaban J connectivity index is 1.41. The van der Waals surface area contributed by atoms with Crippen LogP contribution in [0.3, 0.4) is 0 Å². The number of carbonyl (C=O) groups excluding carboxylic acids is 2. The summed E-state index contributed by atoms with van der Waals surface area (Å²) in [6, 6.07) is 6.58. The number of hydrogen-bond acceptors (Lipinski definition) is 8. The van der Waals surface area contributed by atoms with Crippen LogP contribution in [0.25, 0.3) is 0 Å². The van der Waals surface area contributed by atoms with E-state index >= 15 is 0 Å². The smallest absolute Gasteiger partial charge is 0.254 e. The number of benzene rings is 1. The molecule has 0 unspecified atom stereocenters. The second-order valence-corrected chi connectivity index (χ2v) is 7.04. The minimum absolute atomic E-state index is 0.0940. The first kappa shape index (κ1) is 20.2. The average Bonchev–Trinajstić information content (AvgIpc) is 3.44. The third kappa shape index (κ3) is 5.08. The SMILES string of the molecule is O=C(CN(CCCN1CCOCC1)C(=O)c1ccc2c(c1)OCO2)Nc1ccon1. The van der Waals surface area contributed by atoms with Crippen molar-refractivity contribution in [3.05, 3.63) is 36.1 Å². The van der Waals surface area contributed by atoms with Crippen LogP contribution in [-0.2, 0) is 9.53 Å². The van der Waals surface area contributed by atoms with E-state index in [2.05, 4.69) is 15.4 Å². The lowest BCUT2D eigenvalue weighted by molar-refractivity contribution is -0.117. The fraction of sp³-hybridized carbons (Fsp3) is 0.450. The minimum atomic E-state index is -0.343. The summed E-state index contributed by atoms with van der Waals surface area (Å²) in [6.07, 6.45) is 2.11. The number of nitrogens with one attached hydrogen (secondary N) is 1. The summed E-state index contributed by atoms with van der Waals surface area (Å²) in [5, 5.41) is 6.30. The zero-order chi connectivity index (χ0) is 20.8. The molecule has 10 heteroatoms. The van der Waals surface area contributed by atoms with Gasteiger partial charge in [0.1, 0.15) is 12.8 Å². The first-order valence-electron chi connectivity index (χ1n) is 9.88. The maximum atomic E-state index is 13.1. The van der Waals surface area contributed by atoms with Crippen LogP contribution < -0.4 is 14.8 Å². The topological polar surface area (TPSA) is 106 Å². The van der Waals surface area contributed by atoms with E-state index in [0.717, 1.165) is 39.3 Å². The second kappa shape index (κ2) is 9.59. The number of rotatable bonds is 8. The van der Waals surface area contributed by atoms with Gasteiger partial charge in [-0.3, -0.25) is 14.5 Å². The summed E-state index contributed by atoms with van der Waals surface area (Å²) in [6.45, 7) is 4.51. The predicted molar refractivity (Wildman–Crippen MR) is 105 cm³/mol. The van der Waals surface area contributed by atoms with Gasteiger partial charge in [-0.25, -0.2) is 0 Å². The quantitative estimate of drug-likeness (QED) is 0.684. The predicted octanol–water partition coefficient (Wildman–Crippen LogP) is 1.21. The van der Waals surface area contributed by atoms with E-state index in [9.17, 15) is 9.59 Å². The average molecular weight is 416 g/mol. The molecule has 1 N–H and O–H groups in total. The monoisotopic (exact) mass is 416 g/mol.